The Hall–Kier alpha value is -3.77. The molecule has 0 aliphatic carbocycles. The average Bonchev–Trinajstić information content (AvgIpc) is 2.97. The van der Waals surface area contributed by atoms with Gasteiger partial charge in [-0.05, 0) is 91.3 Å². The Bertz CT molecular complexity index is 1660. The minimum absolute atomic E-state index is 0. The molecule has 6 aromatic carbocycles. The van der Waals surface area contributed by atoms with E-state index in [9.17, 15) is 10.2 Å². The first kappa shape index (κ1) is 29.2. The first-order valence-corrected chi connectivity index (χ1v) is 12.3. The second-order valence-corrected chi connectivity index (χ2v) is 9.16. The summed E-state index contributed by atoms with van der Waals surface area (Å²) in [7, 11) is 3.22. The summed E-state index contributed by atoms with van der Waals surface area (Å²) in [6.45, 7) is 0. The van der Waals surface area contributed by atoms with E-state index in [1.165, 1.54) is 0 Å². The minimum atomic E-state index is -0.178. The molecule has 0 unspecified atom stereocenters. The summed E-state index contributed by atoms with van der Waals surface area (Å²) in [6.07, 6.45) is 0. The van der Waals surface area contributed by atoms with Crippen molar-refractivity contribution in [1.82, 2.24) is 0 Å². The molecule has 0 radical (unpaired) electrons. The quantitative estimate of drug-likeness (QED) is 0.327. The average molecular weight is 510 g/mol. The van der Waals surface area contributed by atoms with Crippen molar-refractivity contribution in [3.05, 3.63) is 109 Å². The summed E-state index contributed by atoms with van der Waals surface area (Å²) >= 11 is 0. The first-order valence-electron chi connectivity index (χ1n) is 12.3. The molecule has 0 aliphatic heterocycles. The summed E-state index contributed by atoms with van der Waals surface area (Å²) in [5.74, 6) is 1.07. The maximum absolute atomic E-state index is 14.3. The van der Waals surface area contributed by atoms with Gasteiger partial charge in [-0.3, -0.25) is 0 Å². The summed E-state index contributed by atoms with van der Waals surface area (Å²) < 4.78 is 10.6. The van der Waals surface area contributed by atoms with Gasteiger partial charge in [0.2, 0.25) is 0 Å². The van der Waals surface area contributed by atoms with Crippen LogP contribution in [0.2, 0.25) is 0 Å². The van der Waals surface area contributed by atoms with Crippen LogP contribution in [-0.4, -0.2) is 14.2 Å². The fourth-order valence-electron chi connectivity index (χ4n) is 5.12. The fraction of sp³-hybridized carbons (Fsp3) is 0.0588. The van der Waals surface area contributed by atoms with E-state index in [1.54, 1.807) is 14.2 Å². The molecule has 0 N–H and O–H groups in total. The summed E-state index contributed by atoms with van der Waals surface area (Å²) in [4.78, 5) is 0. The number of rotatable bonds is 5. The Balaban J connectivity index is 0.00000185. The summed E-state index contributed by atoms with van der Waals surface area (Å²) in [5.41, 5.74) is 3.46. The Labute approximate surface area is 257 Å². The molecule has 0 heterocycles. The molecule has 0 amide bonds. The zero-order chi connectivity index (χ0) is 26.2. The van der Waals surface area contributed by atoms with Gasteiger partial charge in [0.15, 0.2) is 0 Å². The molecule has 0 saturated carbocycles. The van der Waals surface area contributed by atoms with Crippen LogP contribution in [0.3, 0.4) is 0 Å². The zero-order valence-electron chi connectivity index (χ0n) is 23.0. The molecule has 0 spiro atoms. The van der Waals surface area contributed by atoms with E-state index in [1.807, 2.05) is 109 Å². The smallest absolute Gasteiger partial charge is 0.872 e. The van der Waals surface area contributed by atoms with Crippen LogP contribution in [0.25, 0.3) is 54.9 Å². The molecule has 0 aromatic heterocycles. The van der Waals surface area contributed by atoms with Crippen molar-refractivity contribution in [2.24, 2.45) is 0 Å². The van der Waals surface area contributed by atoms with Gasteiger partial charge in [0.25, 0.3) is 0 Å². The van der Waals surface area contributed by atoms with E-state index in [-0.39, 0.29) is 49.2 Å². The van der Waals surface area contributed by atoms with Gasteiger partial charge in [-0.25, -0.2) is 0 Å². The number of fused-ring (bicyclic) bond motifs is 2. The van der Waals surface area contributed by atoms with Gasteiger partial charge in [-0.15, -0.1) is 0 Å². The summed E-state index contributed by atoms with van der Waals surface area (Å²) in [5, 5.41) is 31.9. The molecule has 186 valence electrons. The molecular formula is C34H24Li2O4. The van der Waals surface area contributed by atoms with Crippen molar-refractivity contribution in [3.8, 4) is 56.4 Å². The van der Waals surface area contributed by atoms with Crippen LogP contribution < -0.4 is 57.4 Å². The molecule has 6 heteroatoms. The topological polar surface area (TPSA) is 64.6 Å². The SMILES string of the molecule is COc1ccc(-c2cc3ccccc3c(-c3c([O-])c(-c4ccc(OC)cc4)cc4ccccc34)c2[O-])cc1.[Li+].[Li+]. The van der Waals surface area contributed by atoms with Gasteiger partial charge < -0.3 is 19.7 Å². The Morgan fingerprint density at radius 1 is 0.475 bits per heavy atom. The molecule has 0 atom stereocenters. The molecule has 0 aliphatic rings. The van der Waals surface area contributed by atoms with Crippen LogP contribution in [0, 0.1) is 0 Å². The van der Waals surface area contributed by atoms with Crippen molar-refractivity contribution in [3.63, 3.8) is 0 Å². The number of hydrogen-bond acceptors (Lipinski definition) is 4. The molecule has 4 nitrogen and oxygen atoms in total. The van der Waals surface area contributed by atoms with Crippen LogP contribution in [0.15, 0.2) is 109 Å². The second-order valence-electron chi connectivity index (χ2n) is 9.16. The van der Waals surface area contributed by atoms with Gasteiger partial charge in [0, 0.05) is 0 Å². The third kappa shape index (κ3) is 5.08. The largest absolute Gasteiger partial charge is 1.00 e. The number of methoxy groups -OCH3 is 2. The third-order valence-electron chi connectivity index (χ3n) is 7.06. The molecule has 0 bridgehead atoms. The van der Waals surface area contributed by atoms with Gasteiger partial charge in [0.1, 0.15) is 11.5 Å². The predicted molar refractivity (Wildman–Crippen MR) is 150 cm³/mol. The standard InChI is InChI=1S/C34H26O4.2Li/c1-37-25-15-11-21(12-16-25)29-19-23-7-3-5-9-27(23)31(33(29)35)32-28-10-6-4-8-24(28)20-30(34(32)36)22-13-17-26(38-2)18-14-22;;/h3-20,35-36H,1-2H3;;/q;2*+1/p-2. The van der Waals surface area contributed by atoms with Crippen molar-refractivity contribution in [2.75, 3.05) is 14.2 Å². The first-order chi connectivity index (χ1) is 18.6. The van der Waals surface area contributed by atoms with E-state index in [4.69, 9.17) is 9.47 Å². The Kier molecular flexibility index (Phi) is 8.90. The number of benzene rings is 6. The van der Waals surface area contributed by atoms with Crippen molar-refractivity contribution in [2.45, 2.75) is 0 Å². The molecule has 6 aromatic rings. The number of ether oxygens (including phenoxy) is 2. The maximum Gasteiger partial charge on any atom is 1.00 e. The molecule has 0 saturated heterocycles. The molecule has 0 fully saturated rings. The normalized spacial score (nSPS) is 10.6. The van der Waals surface area contributed by atoms with E-state index in [0.29, 0.717) is 33.8 Å². The van der Waals surface area contributed by atoms with Crippen molar-refractivity contribution in [1.29, 1.82) is 0 Å². The molecule has 40 heavy (non-hydrogen) atoms. The van der Waals surface area contributed by atoms with Gasteiger partial charge >= 0.3 is 37.7 Å². The van der Waals surface area contributed by atoms with Crippen LogP contribution in [-0.2, 0) is 0 Å². The van der Waals surface area contributed by atoms with Gasteiger partial charge in [-0.2, -0.15) is 0 Å². The zero-order valence-corrected chi connectivity index (χ0v) is 23.0. The molecular weight excluding hydrogens is 486 g/mol. The van der Waals surface area contributed by atoms with Crippen LogP contribution >= 0.6 is 0 Å². The van der Waals surface area contributed by atoms with E-state index < -0.39 is 0 Å². The van der Waals surface area contributed by atoms with Crippen molar-refractivity contribution >= 4 is 21.5 Å². The van der Waals surface area contributed by atoms with Crippen LogP contribution in [0.5, 0.6) is 23.0 Å². The van der Waals surface area contributed by atoms with Crippen molar-refractivity contribution < 1.29 is 57.4 Å². The maximum atomic E-state index is 14.3. The monoisotopic (exact) mass is 510 g/mol. The third-order valence-corrected chi connectivity index (χ3v) is 7.06. The van der Waals surface area contributed by atoms with E-state index in [2.05, 4.69) is 0 Å². The predicted octanol–water partition coefficient (Wildman–Crippen LogP) is 1.17. The van der Waals surface area contributed by atoms with Gasteiger partial charge in [-0.1, -0.05) is 84.3 Å². The molecule has 6 rings (SSSR count). The minimum Gasteiger partial charge on any atom is -0.872 e. The number of hydrogen-bond donors (Lipinski definition) is 0. The van der Waals surface area contributed by atoms with Crippen LogP contribution in [0.4, 0.5) is 0 Å². The van der Waals surface area contributed by atoms with E-state index >= 15 is 0 Å². The Morgan fingerprint density at radius 3 is 1.18 bits per heavy atom. The second kappa shape index (κ2) is 12.2. The van der Waals surface area contributed by atoms with E-state index in [0.717, 1.165) is 32.7 Å². The van der Waals surface area contributed by atoms with Crippen LogP contribution in [0.1, 0.15) is 0 Å². The fourth-order valence-corrected chi connectivity index (χ4v) is 5.12. The summed E-state index contributed by atoms with van der Waals surface area (Å²) in [6, 6.07) is 34.1. The Morgan fingerprint density at radius 2 is 0.825 bits per heavy atom. The van der Waals surface area contributed by atoms with Gasteiger partial charge in [0.05, 0.1) is 14.2 Å².